The summed E-state index contributed by atoms with van der Waals surface area (Å²) in [5.74, 6) is 0.561. The van der Waals surface area contributed by atoms with Crippen LogP contribution in [0.25, 0.3) is 0 Å². The Morgan fingerprint density at radius 2 is 2.40 bits per heavy atom. The van der Waals surface area contributed by atoms with Crippen LogP contribution in [-0.2, 0) is 0 Å². The zero-order valence-electron chi connectivity index (χ0n) is 6.64. The lowest BCUT2D eigenvalue weighted by molar-refractivity contribution is 0.174. The number of aliphatic hydroxyl groups excluding tert-OH is 1. The molecule has 10 heavy (non-hydrogen) atoms. The molecule has 60 valence electrons. The Bertz CT molecular complexity index is 85.3. The van der Waals surface area contributed by atoms with E-state index in [-0.39, 0.29) is 0 Å². The average molecular weight is 143 g/mol. The van der Waals surface area contributed by atoms with Crippen LogP contribution in [0.5, 0.6) is 0 Å². The molecule has 1 aliphatic heterocycles. The van der Waals surface area contributed by atoms with E-state index in [0.717, 1.165) is 19.4 Å². The molecule has 2 nitrogen and oxygen atoms in total. The van der Waals surface area contributed by atoms with E-state index in [2.05, 4.69) is 12.2 Å². The van der Waals surface area contributed by atoms with Gasteiger partial charge in [-0.2, -0.15) is 0 Å². The van der Waals surface area contributed by atoms with E-state index in [0.29, 0.717) is 18.6 Å². The maximum absolute atomic E-state index is 8.88. The Morgan fingerprint density at radius 1 is 1.60 bits per heavy atom. The summed E-state index contributed by atoms with van der Waals surface area (Å²) in [4.78, 5) is 0. The Hall–Kier alpha value is -0.0800. The van der Waals surface area contributed by atoms with Crippen LogP contribution in [0.2, 0.25) is 0 Å². The summed E-state index contributed by atoms with van der Waals surface area (Å²) in [6, 6.07) is 0.658. The molecule has 0 aliphatic carbocycles. The zero-order chi connectivity index (χ0) is 7.40. The SMILES string of the molecule is CC[C@@H]1C[C@H](CO)CCN1. The lowest BCUT2D eigenvalue weighted by Crippen LogP contribution is -2.38. The molecule has 2 heteroatoms. The fourth-order valence-corrected chi connectivity index (χ4v) is 1.57. The van der Waals surface area contributed by atoms with Crippen LogP contribution in [-0.4, -0.2) is 24.3 Å². The van der Waals surface area contributed by atoms with Crippen molar-refractivity contribution in [2.75, 3.05) is 13.2 Å². The fraction of sp³-hybridized carbons (Fsp3) is 1.00. The van der Waals surface area contributed by atoms with Crippen molar-refractivity contribution < 1.29 is 5.11 Å². The largest absolute Gasteiger partial charge is 0.396 e. The Balaban J connectivity index is 2.25. The molecular weight excluding hydrogens is 126 g/mol. The average Bonchev–Trinajstić information content (AvgIpc) is 2.05. The van der Waals surface area contributed by atoms with Gasteiger partial charge in [-0.1, -0.05) is 6.92 Å². The van der Waals surface area contributed by atoms with E-state index in [1.165, 1.54) is 6.42 Å². The third-order valence-electron chi connectivity index (χ3n) is 2.35. The summed E-state index contributed by atoms with van der Waals surface area (Å²) in [6.45, 7) is 3.65. The first kappa shape index (κ1) is 8.02. The molecule has 0 amide bonds. The topological polar surface area (TPSA) is 32.3 Å². The van der Waals surface area contributed by atoms with Gasteiger partial charge in [-0.15, -0.1) is 0 Å². The lowest BCUT2D eigenvalue weighted by atomic mass is 9.92. The fourth-order valence-electron chi connectivity index (χ4n) is 1.57. The van der Waals surface area contributed by atoms with E-state index < -0.39 is 0 Å². The Labute approximate surface area is 62.6 Å². The zero-order valence-corrected chi connectivity index (χ0v) is 6.64. The van der Waals surface area contributed by atoms with Crippen molar-refractivity contribution in [2.45, 2.75) is 32.2 Å². The van der Waals surface area contributed by atoms with Crippen LogP contribution in [0.4, 0.5) is 0 Å². The molecule has 1 aliphatic rings. The van der Waals surface area contributed by atoms with E-state index in [1.54, 1.807) is 0 Å². The highest BCUT2D eigenvalue weighted by molar-refractivity contribution is 4.76. The number of hydrogen-bond acceptors (Lipinski definition) is 2. The molecule has 2 N–H and O–H groups in total. The normalized spacial score (nSPS) is 34.2. The van der Waals surface area contributed by atoms with Gasteiger partial charge in [0.25, 0.3) is 0 Å². The van der Waals surface area contributed by atoms with Gasteiger partial charge in [0.15, 0.2) is 0 Å². The number of aliphatic hydroxyl groups is 1. The summed E-state index contributed by atoms with van der Waals surface area (Å²) in [5, 5.41) is 12.3. The molecule has 0 radical (unpaired) electrons. The third kappa shape index (κ3) is 1.96. The third-order valence-corrected chi connectivity index (χ3v) is 2.35. The first-order valence-electron chi connectivity index (χ1n) is 4.21. The molecule has 1 heterocycles. The smallest absolute Gasteiger partial charge is 0.0460 e. The van der Waals surface area contributed by atoms with Gasteiger partial charge < -0.3 is 10.4 Å². The van der Waals surface area contributed by atoms with Crippen LogP contribution in [0.3, 0.4) is 0 Å². The lowest BCUT2D eigenvalue weighted by Gasteiger charge is -2.28. The van der Waals surface area contributed by atoms with E-state index >= 15 is 0 Å². The highest BCUT2D eigenvalue weighted by Crippen LogP contribution is 2.16. The highest BCUT2D eigenvalue weighted by atomic mass is 16.3. The van der Waals surface area contributed by atoms with Crippen LogP contribution in [0.1, 0.15) is 26.2 Å². The van der Waals surface area contributed by atoms with Crippen molar-refractivity contribution in [3.63, 3.8) is 0 Å². The molecule has 0 bridgehead atoms. The molecule has 1 saturated heterocycles. The van der Waals surface area contributed by atoms with Gasteiger partial charge in [-0.3, -0.25) is 0 Å². The molecule has 1 fully saturated rings. The summed E-state index contributed by atoms with van der Waals surface area (Å²) < 4.78 is 0. The van der Waals surface area contributed by atoms with Crippen molar-refractivity contribution in [1.29, 1.82) is 0 Å². The molecular formula is C8H17NO. The van der Waals surface area contributed by atoms with Crippen molar-refractivity contribution in [3.8, 4) is 0 Å². The highest BCUT2D eigenvalue weighted by Gasteiger charge is 2.18. The van der Waals surface area contributed by atoms with E-state index in [9.17, 15) is 0 Å². The molecule has 0 unspecified atom stereocenters. The minimum Gasteiger partial charge on any atom is -0.396 e. The van der Waals surface area contributed by atoms with Gasteiger partial charge in [0.05, 0.1) is 0 Å². The minimum atomic E-state index is 0.373. The quantitative estimate of drug-likeness (QED) is 0.598. The number of rotatable bonds is 2. The van der Waals surface area contributed by atoms with Crippen molar-refractivity contribution >= 4 is 0 Å². The maximum Gasteiger partial charge on any atom is 0.0460 e. The number of nitrogens with one attached hydrogen (secondary N) is 1. The summed E-state index contributed by atoms with van der Waals surface area (Å²) in [7, 11) is 0. The van der Waals surface area contributed by atoms with Crippen molar-refractivity contribution in [3.05, 3.63) is 0 Å². The standard InChI is InChI=1S/C8H17NO/c1-2-8-5-7(6-10)3-4-9-8/h7-10H,2-6H2,1H3/t7-,8-/m1/s1. The number of piperidine rings is 1. The second-order valence-corrected chi connectivity index (χ2v) is 3.13. The first-order chi connectivity index (χ1) is 4.86. The molecule has 0 aromatic heterocycles. The summed E-state index contributed by atoms with van der Waals surface area (Å²) in [5.41, 5.74) is 0. The van der Waals surface area contributed by atoms with Gasteiger partial charge >= 0.3 is 0 Å². The monoisotopic (exact) mass is 143 g/mol. The Morgan fingerprint density at radius 3 is 3.00 bits per heavy atom. The molecule has 2 atom stereocenters. The molecule has 0 aromatic rings. The van der Waals surface area contributed by atoms with Crippen LogP contribution in [0, 0.1) is 5.92 Å². The van der Waals surface area contributed by atoms with Gasteiger partial charge in [0, 0.05) is 12.6 Å². The van der Waals surface area contributed by atoms with Crippen LogP contribution < -0.4 is 5.32 Å². The van der Waals surface area contributed by atoms with Gasteiger partial charge in [0.1, 0.15) is 0 Å². The van der Waals surface area contributed by atoms with E-state index in [4.69, 9.17) is 5.11 Å². The van der Waals surface area contributed by atoms with Crippen molar-refractivity contribution in [1.82, 2.24) is 5.32 Å². The molecule has 0 spiro atoms. The predicted molar refractivity (Wildman–Crippen MR) is 41.9 cm³/mol. The maximum atomic E-state index is 8.88. The van der Waals surface area contributed by atoms with Gasteiger partial charge in [0.2, 0.25) is 0 Å². The second-order valence-electron chi connectivity index (χ2n) is 3.13. The number of hydrogen-bond donors (Lipinski definition) is 2. The summed E-state index contributed by atoms with van der Waals surface area (Å²) >= 11 is 0. The van der Waals surface area contributed by atoms with Gasteiger partial charge in [-0.25, -0.2) is 0 Å². The van der Waals surface area contributed by atoms with E-state index in [1.807, 2.05) is 0 Å². The predicted octanol–water partition coefficient (Wildman–Crippen LogP) is 0.757. The molecule has 0 saturated carbocycles. The van der Waals surface area contributed by atoms with Crippen molar-refractivity contribution in [2.24, 2.45) is 5.92 Å². The second kappa shape index (κ2) is 3.94. The minimum absolute atomic E-state index is 0.373. The Kier molecular flexibility index (Phi) is 3.16. The molecule has 1 rings (SSSR count). The first-order valence-corrected chi connectivity index (χ1v) is 4.21. The van der Waals surface area contributed by atoms with Crippen LogP contribution >= 0.6 is 0 Å². The van der Waals surface area contributed by atoms with Crippen LogP contribution in [0.15, 0.2) is 0 Å². The molecule has 0 aromatic carbocycles. The van der Waals surface area contributed by atoms with Gasteiger partial charge in [-0.05, 0) is 31.7 Å². The summed E-state index contributed by atoms with van der Waals surface area (Å²) in [6.07, 6.45) is 3.50.